The van der Waals surface area contributed by atoms with Crippen molar-refractivity contribution in [2.45, 2.75) is 51.0 Å². The standard InChI is InChI=1S/C19H26N2O3/c22-15-10-8-14(9-11-15)18(23)20-17-7-3-2-6-16(17)19(24)21-12-4-1-5-13-21/h2-3,6-7,14-15,22H,1,4-5,8-13H2,(H,20,23). The summed E-state index contributed by atoms with van der Waals surface area (Å²) in [6.45, 7) is 1.59. The molecule has 3 rings (SSSR count). The molecule has 2 aliphatic rings. The molecule has 1 aliphatic carbocycles. The molecule has 0 radical (unpaired) electrons. The third kappa shape index (κ3) is 3.96. The zero-order chi connectivity index (χ0) is 16.9. The van der Waals surface area contributed by atoms with Gasteiger partial charge in [-0.15, -0.1) is 0 Å². The second kappa shape index (κ2) is 7.79. The highest BCUT2D eigenvalue weighted by molar-refractivity contribution is 6.04. The molecule has 2 N–H and O–H groups in total. The van der Waals surface area contributed by atoms with Crippen LogP contribution in [0.25, 0.3) is 0 Å². The lowest BCUT2D eigenvalue weighted by Gasteiger charge is -2.28. The Morgan fingerprint density at radius 2 is 1.67 bits per heavy atom. The highest BCUT2D eigenvalue weighted by Gasteiger charge is 2.27. The summed E-state index contributed by atoms with van der Waals surface area (Å²) < 4.78 is 0. The smallest absolute Gasteiger partial charge is 0.255 e. The molecule has 24 heavy (non-hydrogen) atoms. The van der Waals surface area contributed by atoms with Crippen molar-refractivity contribution in [1.29, 1.82) is 0 Å². The summed E-state index contributed by atoms with van der Waals surface area (Å²) >= 11 is 0. The molecule has 0 atom stereocenters. The molecule has 0 aromatic heterocycles. The van der Waals surface area contributed by atoms with Crippen LogP contribution in [0.1, 0.15) is 55.3 Å². The lowest BCUT2D eigenvalue weighted by Crippen LogP contribution is -2.36. The van der Waals surface area contributed by atoms with Gasteiger partial charge in [-0.25, -0.2) is 0 Å². The summed E-state index contributed by atoms with van der Waals surface area (Å²) in [5.74, 6) is -0.114. The minimum Gasteiger partial charge on any atom is -0.393 e. The van der Waals surface area contributed by atoms with Crippen LogP contribution in [-0.2, 0) is 4.79 Å². The van der Waals surface area contributed by atoms with E-state index in [1.54, 1.807) is 12.1 Å². The van der Waals surface area contributed by atoms with E-state index < -0.39 is 0 Å². The number of aliphatic hydroxyl groups is 1. The second-order valence-electron chi connectivity index (χ2n) is 6.89. The van der Waals surface area contributed by atoms with Gasteiger partial charge in [-0.1, -0.05) is 12.1 Å². The maximum Gasteiger partial charge on any atom is 0.255 e. The lowest BCUT2D eigenvalue weighted by molar-refractivity contribution is -0.121. The van der Waals surface area contributed by atoms with Gasteiger partial charge in [0.15, 0.2) is 0 Å². The van der Waals surface area contributed by atoms with E-state index in [9.17, 15) is 14.7 Å². The molecular weight excluding hydrogens is 304 g/mol. The summed E-state index contributed by atoms with van der Waals surface area (Å²) in [5.41, 5.74) is 1.17. The van der Waals surface area contributed by atoms with Crippen LogP contribution in [0.4, 0.5) is 5.69 Å². The molecule has 5 heteroatoms. The maximum absolute atomic E-state index is 12.8. The van der Waals surface area contributed by atoms with E-state index in [4.69, 9.17) is 0 Å². The van der Waals surface area contributed by atoms with Crippen molar-refractivity contribution in [3.8, 4) is 0 Å². The van der Waals surface area contributed by atoms with Gasteiger partial charge in [0.1, 0.15) is 0 Å². The van der Waals surface area contributed by atoms with E-state index in [0.29, 0.717) is 36.9 Å². The molecule has 1 aromatic rings. The van der Waals surface area contributed by atoms with E-state index in [-0.39, 0.29) is 23.8 Å². The van der Waals surface area contributed by atoms with Crippen molar-refractivity contribution >= 4 is 17.5 Å². The first kappa shape index (κ1) is 17.0. The Bertz CT molecular complexity index is 588. The van der Waals surface area contributed by atoms with Crippen molar-refractivity contribution in [2.75, 3.05) is 18.4 Å². The van der Waals surface area contributed by atoms with Gasteiger partial charge in [-0.05, 0) is 57.1 Å². The van der Waals surface area contributed by atoms with Crippen LogP contribution in [-0.4, -0.2) is 41.0 Å². The van der Waals surface area contributed by atoms with Crippen LogP contribution in [0.3, 0.4) is 0 Å². The number of likely N-dealkylation sites (tertiary alicyclic amines) is 1. The fourth-order valence-electron chi connectivity index (χ4n) is 3.62. The zero-order valence-corrected chi connectivity index (χ0v) is 14.0. The number of anilines is 1. The first-order valence-electron chi connectivity index (χ1n) is 9.02. The van der Waals surface area contributed by atoms with Crippen LogP contribution in [0.15, 0.2) is 24.3 Å². The molecule has 1 saturated carbocycles. The number of hydrogen-bond acceptors (Lipinski definition) is 3. The molecule has 1 aliphatic heterocycles. The Kier molecular flexibility index (Phi) is 5.51. The number of hydrogen-bond donors (Lipinski definition) is 2. The Morgan fingerprint density at radius 3 is 2.38 bits per heavy atom. The molecule has 0 bridgehead atoms. The Morgan fingerprint density at radius 1 is 1.00 bits per heavy atom. The number of nitrogens with one attached hydrogen (secondary N) is 1. The van der Waals surface area contributed by atoms with Crippen LogP contribution >= 0.6 is 0 Å². The SMILES string of the molecule is O=C(Nc1ccccc1C(=O)N1CCCCC1)C1CCC(O)CC1. The maximum atomic E-state index is 12.8. The van der Waals surface area contributed by atoms with Crippen molar-refractivity contribution in [2.24, 2.45) is 5.92 Å². The molecule has 1 saturated heterocycles. The number of amides is 2. The van der Waals surface area contributed by atoms with Crippen LogP contribution in [0.2, 0.25) is 0 Å². The monoisotopic (exact) mass is 330 g/mol. The number of rotatable bonds is 3. The lowest BCUT2D eigenvalue weighted by atomic mass is 9.87. The van der Waals surface area contributed by atoms with E-state index in [0.717, 1.165) is 25.9 Å². The average molecular weight is 330 g/mol. The van der Waals surface area contributed by atoms with Crippen LogP contribution in [0, 0.1) is 5.92 Å². The fourth-order valence-corrected chi connectivity index (χ4v) is 3.62. The number of aliphatic hydroxyl groups excluding tert-OH is 1. The van der Waals surface area contributed by atoms with Crippen molar-refractivity contribution in [3.63, 3.8) is 0 Å². The minimum absolute atomic E-state index is 0.00432. The van der Waals surface area contributed by atoms with Gasteiger partial charge >= 0.3 is 0 Å². The summed E-state index contributed by atoms with van der Waals surface area (Å²) in [6.07, 6.45) is 5.75. The highest BCUT2D eigenvalue weighted by Crippen LogP contribution is 2.27. The number of carbonyl (C=O) groups is 2. The third-order valence-corrected chi connectivity index (χ3v) is 5.13. The van der Waals surface area contributed by atoms with E-state index in [2.05, 4.69) is 5.32 Å². The Labute approximate surface area is 143 Å². The third-order valence-electron chi connectivity index (χ3n) is 5.13. The summed E-state index contributed by atoms with van der Waals surface area (Å²) in [4.78, 5) is 27.2. The van der Waals surface area contributed by atoms with Crippen molar-refractivity contribution < 1.29 is 14.7 Å². The van der Waals surface area contributed by atoms with Gasteiger partial charge in [0.05, 0.1) is 17.4 Å². The predicted octanol–water partition coefficient (Wildman–Crippen LogP) is 2.80. The van der Waals surface area contributed by atoms with Gasteiger partial charge in [-0.2, -0.15) is 0 Å². The van der Waals surface area contributed by atoms with E-state index in [1.165, 1.54) is 6.42 Å². The van der Waals surface area contributed by atoms with Gasteiger partial charge < -0.3 is 15.3 Å². The fraction of sp³-hybridized carbons (Fsp3) is 0.579. The van der Waals surface area contributed by atoms with Crippen molar-refractivity contribution in [3.05, 3.63) is 29.8 Å². The van der Waals surface area contributed by atoms with E-state index >= 15 is 0 Å². The summed E-state index contributed by atoms with van der Waals surface area (Å²) in [5, 5.41) is 12.5. The molecule has 5 nitrogen and oxygen atoms in total. The normalized spacial score (nSPS) is 24.5. The first-order valence-corrected chi connectivity index (χ1v) is 9.02. The van der Waals surface area contributed by atoms with Crippen LogP contribution in [0.5, 0.6) is 0 Å². The zero-order valence-electron chi connectivity index (χ0n) is 14.0. The molecule has 2 fully saturated rings. The van der Waals surface area contributed by atoms with E-state index in [1.807, 2.05) is 17.0 Å². The minimum atomic E-state index is -0.276. The average Bonchev–Trinajstić information content (AvgIpc) is 2.63. The molecule has 1 aromatic carbocycles. The van der Waals surface area contributed by atoms with Gasteiger partial charge in [0, 0.05) is 19.0 Å². The van der Waals surface area contributed by atoms with Gasteiger partial charge in [0.2, 0.25) is 5.91 Å². The first-order chi connectivity index (χ1) is 11.6. The molecule has 0 unspecified atom stereocenters. The Balaban J connectivity index is 1.69. The quantitative estimate of drug-likeness (QED) is 0.895. The molecule has 130 valence electrons. The van der Waals surface area contributed by atoms with Crippen molar-refractivity contribution in [1.82, 2.24) is 4.90 Å². The number of nitrogens with zero attached hydrogens (tertiary/aromatic N) is 1. The topological polar surface area (TPSA) is 69.6 Å². The number of benzene rings is 1. The number of carbonyl (C=O) groups excluding carboxylic acids is 2. The van der Waals surface area contributed by atoms with Gasteiger partial charge in [-0.3, -0.25) is 9.59 Å². The number of para-hydroxylation sites is 1. The Hall–Kier alpha value is -1.88. The summed E-state index contributed by atoms with van der Waals surface area (Å²) in [7, 11) is 0. The van der Waals surface area contributed by atoms with Crippen LogP contribution < -0.4 is 5.32 Å². The summed E-state index contributed by atoms with van der Waals surface area (Å²) in [6, 6.07) is 7.26. The van der Waals surface area contributed by atoms with Gasteiger partial charge in [0.25, 0.3) is 5.91 Å². The molecule has 2 amide bonds. The largest absolute Gasteiger partial charge is 0.393 e. The predicted molar refractivity (Wildman–Crippen MR) is 92.8 cm³/mol. The number of piperidine rings is 1. The molecule has 1 heterocycles. The molecule has 0 spiro atoms. The molecular formula is C19H26N2O3. The second-order valence-corrected chi connectivity index (χ2v) is 6.89. The highest BCUT2D eigenvalue weighted by atomic mass is 16.3.